The van der Waals surface area contributed by atoms with E-state index in [-0.39, 0.29) is 30.0 Å². The van der Waals surface area contributed by atoms with Crippen LogP contribution in [0.2, 0.25) is 0 Å². The van der Waals surface area contributed by atoms with Crippen molar-refractivity contribution in [3.63, 3.8) is 0 Å². The number of benzene rings is 2. The lowest BCUT2D eigenvalue weighted by Gasteiger charge is -2.36. The Hall–Kier alpha value is -6.78. The number of aliphatic carboxylic acids is 1. The lowest BCUT2D eigenvalue weighted by Crippen LogP contribution is -2.49. The highest BCUT2D eigenvalue weighted by molar-refractivity contribution is 5.77. The van der Waals surface area contributed by atoms with E-state index in [9.17, 15) is 56.2 Å². The molecule has 6 aliphatic rings. The monoisotopic (exact) mass is 1170 g/mol. The van der Waals surface area contributed by atoms with E-state index in [1.165, 1.54) is 50.7 Å². The molecule has 10 rings (SSSR count). The number of hydrogen-bond acceptors (Lipinski definition) is 13. The summed E-state index contributed by atoms with van der Waals surface area (Å²) >= 11 is 0. The second-order valence-electron chi connectivity index (χ2n) is 23.0. The maximum atomic E-state index is 13.3. The van der Waals surface area contributed by atoms with Gasteiger partial charge in [0.2, 0.25) is 5.91 Å². The third-order valence-electron chi connectivity index (χ3n) is 17.1. The molecule has 0 atom stereocenters. The van der Waals surface area contributed by atoms with Gasteiger partial charge in [0.25, 0.3) is 11.4 Å². The second-order valence-corrected chi connectivity index (χ2v) is 23.0. The molecule has 4 saturated carbocycles. The van der Waals surface area contributed by atoms with E-state index in [4.69, 9.17) is 14.6 Å². The summed E-state index contributed by atoms with van der Waals surface area (Å²) in [5.74, 6) is 4.35. The number of anilines is 2. The predicted molar refractivity (Wildman–Crippen MR) is 299 cm³/mol. The number of amides is 1. The molecule has 0 bridgehead atoms. The van der Waals surface area contributed by atoms with Crippen molar-refractivity contribution < 1.29 is 60.4 Å². The smallest absolute Gasteiger partial charge is 0.423 e. The summed E-state index contributed by atoms with van der Waals surface area (Å²) in [5.41, 5.74) is -3.24. The molecule has 83 heavy (non-hydrogen) atoms. The quantitative estimate of drug-likeness (QED) is 0.0608. The molecular formula is C60H76F6N8O9. The highest BCUT2D eigenvalue weighted by Gasteiger charge is 2.40. The van der Waals surface area contributed by atoms with Crippen LogP contribution in [0.4, 0.5) is 49.4 Å². The van der Waals surface area contributed by atoms with Crippen molar-refractivity contribution in [3.05, 3.63) is 116 Å². The summed E-state index contributed by atoms with van der Waals surface area (Å²) in [6.45, 7) is 6.52. The molecule has 0 spiro atoms. The summed E-state index contributed by atoms with van der Waals surface area (Å²) in [7, 11) is 0. The van der Waals surface area contributed by atoms with Gasteiger partial charge in [0, 0.05) is 102 Å². The lowest BCUT2D eigenvalue weighted by atomic mass is 9.83. The first kappa shape index (κ1) is 62.3. The Balaban J connectivity index is 0.000000191. The molecule has 2 aromatic carbocycles. The van der Waals surface area contributed by atoms with Crippen LogP contribution in [0.3, 0.4) is 0 Å². The van der Waals surface area contributed by atoms with Gasteiger partial charge in [-0.15, -0.1) is 0 Å². The highest BCUT2D eigenvalue weighted by Crippen LogP contribution is 2.40. The predicted octanol–water partition coefficient (Wildman–Crippen LogP) is 12.7. The van der Waals surface area contributed by atoms with Gasteiger partial charge < -0.3 is 34.6 Å². The number of carboxylic acids is 1. The Kier molecular flexibility index (Phi) is 21.9. The largest absolute Gasteiger partial charge is 0.490 e. The van der Waals surface area contributed by atoms with Crippen LogP contribution in [0.5, 0.6) is 11.5 Å². The van der Waals surface area contributed by atoms with Crippen molar-refractivity contribution in [1.29, 1.82) is 0 Å². The van der Waals surface area contributed by atoms with Crippen molar-refractivity contribution in [3.8, 4) is 11.5 Å². The second kappa shape index (κ2) is 29.2. The first-order valence-corrected chi connectivity index (χ1v) is 29.4. The summed E-state index contributed by atoms with van der Waals surface area (Å²) in [6, 6.07) is 14.2. The van der Waals surface area contributed by atoms with Crippen molar-refractivity contribution in [1.82, 2.24) is 20.2 Å². The van der Waals surface area contributed by atoms with Gasteiger partial charge in [-0.25, -0.2) is 9.97 Å². The number of nitro benzene ring substituents is 2. The SMILES string of the molecule is O=C(CC1CCCC1)N1CCN(c2cc(OC3CCC(Cc4ccc([N+](=O)[O-])c(C(F)(F)F)c4)CC3)ccn2)CC1.O=C(O)CC1CCCC1.O=[N+]([O-])c1ccc(CC2CCC(Oc3ccnc(N4CCNCC4)c3)CC2)cc1C(F)(F)F. The molecule has 2 N–H and O–H groups in total. The fourth-order valence-electron chi connectivity index (χ4n) is 12.6. The number of halogens is 6. The van der Waals surface area contributed by atoms with E-state index < -0.39 is 50.7 Å². The Morgan fingerprint density at radius 2 is 0.964 bits per heavy atom. The van der Waals surface area contributed by atoms with Crippen molar-refractivity contribution in [2.24, 2.45) is 23.7 Å². The third kappa shape index (κ3) is 18.6. The zero-order valence-corrected chi connectivity index (χ0v) is 46.8. The molecule has 0 unspecified atom stereocenters. The number of aromatic nitrogens is 2. The van der Waals surface area contributed by atoms with Crippen LogP contribution in [0, 0.1) is 43.9 Å². The number of rotatable bonds is 16. The minimum Gasteiger partial charge on any atom is -0.490 e. The van der Waals surface area contributed by atoms with E-state index in [1.54, 1.807) is 12.4 Å². The number of nitrogens with zero attached hydrogens (tertiary/aromatic N) is 7. The number of nitrogens with one attached hydrogen (secondary N) is 1. The first-order chi connectivity index (χ1) is 39.7. The van der Waals surface area contributed by atoms with Gasteiger partial charge in [0.05, 0.1) is 22.1 Å². The van der Waals surface area contributed by atoms with Crippen LogP contribution >= 0.6 is 0 Å². The average Bonchev–Trinajstić information content (AvgIpc) is 4.34. The maximum Gasteiger partial charge on any atom is 0.423 e. The molecule has 23 heteroatoms. The van der Waals surface area contributed by atoms with E-state index in [2.05, 4.69) is 25.1 Å². The number of carboxylic acid groups (broad SMARTS) is 1. The van der Waals surface area contributed by atoms with Crippen molar-refractivity contribution >= 4 is 34.9 Å². The maximum absolute atomic E-state index is 13.3. The van der Waals surface area contributed by atoms with Gasteiger partial charge in [-0.1, -0.05) is 37.8 Å². The molecule has 4 aromatic rings. The van der Waals surface area contributed by atoms with Crippen LogP contribution in [-0.4, -0.2) is 106 Å². The van der Waals surface area contributed by atoms with Crippen LogP contribution in [0.25, 0.3) is 0 Å². The normalized spacial score (nSPS) is 21.7. The number of alkyl halides is 6. The Bertz CT molecular complexity index is 2780. The Morgan fingerprint density at radius 3 is 1.36 bits per heavy atom. The van der Waals surface area contributed by atoms with Gasteiger partial charge in [-0.3, -0.25) is 29.8 Å². The topological polar surface area (TPSA) is 207 Å². The van der Waals surface area contributed by atoms with Gasteiger partial charge in [-0.05, 0) is 149 Å². The summed E-state index contributed by atoms with van der Waals surface area (Å²) in [5, 5.41) is 33.7. The summed E-state index contributed by atoms with van der Waals surface area (Å²) in [4.78, 5) is 58.2. The van der Waals surface area contributed by atoms with E-state index in [0.29, 0.717) is 61.7 Å². The van der Waals surface area contributed by atoms with Crippen LogP contribution < -0.4 is 24.6 Å². The number of nitro groups is 2. The van der Waals surface area contributed by atoms with E-state index >= 15 is 0 Å². The lowest BCUT2D eigenvalue weighted by molar-refractivity contribution is -0.388. The molecular weight excluding hydrogens is 1090 g/mol. The fraction of sp³-hybridized carbons (Fsp3) is 0.600. The Labute approximate surface area is 479 Å². The Morgan fingerprint density at radius 1 is 0.554 bits per heavy atom. The van der Waals surface area contributed by atoms with Crippen LogP contribution in [-0.2, 0) is 34.8 Å². The molecule has 2 aromatic heterocycles. The number of hydrogen-bond donors (Lipinski definition) is 2. The molecule has 0 radical (unpaired) electrons. The molecule has 1 amide bonds. The van der Waals surface area contributed by atoms with Gasteiger partial charge in [0.1, 0.15) is 34.3 Å². The standard InChI is InChI=1S/C30H37F3N4O4.C23H27F3N4O3.C7H12O2/c31-30(32,33)26-18-23(7-10-27(26)37(39)40)17-22-5-8-24(9-6-22)41-25-11-12-34-28(20-25)35-13-15-36(16-14-35)29(38)19-21-3-1-2-4-21;24-23(25,26)20-14-17(3-6-21(20)30(31)32)13-16-1-4-18(5-2-16)33-19-7-8-28-22(15-19)29-11-9-27-10-12-29;8-7(9)5-6-3-1-2-4-6/h7,10-12,18,20-22,24H,1-6,8-9,13-17,19H2;3,6-8,14-16,18,27H,1-2,4-5,9-13H2;6H,1-5H2,(H,8,9). The minimum atomic E-state index is -4.77. The van der Waals surface area contributed by atoms with Gasteiger partial charge in [-0.2, -0.15) is 26.3 Å². The molecule has 452 valence electrons. The highest BCUT2D eigenvalue weighted by atomic mass is 19.4. The third-order valence-corrected chi connectivity index (χ3v) is 17.1. The van der Waals surface area contributed by atoms with Crippen molar-refractivity contribution in [2.45, 2.75) is 153 Å². The molecule has 17 nitrogen and oxygen atoms in total. The number of carbonyl (C=O) groups excluding carboxylic acids is 1. The zero-order chi connectivity index (χ0) is 59.1. The van der Waals surface area contributed by atoms with Crippen LogP contribution in [0.1, 0.15) is 138 Å². The number of ether oxygens (including phenoxy) is 2. The number of pyridine rings is 2. The molecule has 6 fully saturated rings. The van der Waals surface area contributed by atoms with Crippen LogP contribution in [0.15, 0.2) is 73.1 Å². The number of piperazine rings is 2. The number of carbonyl (C=O) groups is 2. The first-order valence-electron chi connectivity index (χ1n) is 29.4. The van der Waals surface area contributed by atoms with E-state index in [0.717, 1.165) is 151 Å². The minimum absolute atomic E-state index is 0.00848. The van der Waals surface area contributed by atoms with Gasteiger partial charge in [0.15, 0.2) is 0 Å². The van der Waals surface area contributed by atoms with E-state index in [1.807, 2.05) is 29.2 Å². The molecule has 4 aliphatic carbocycles. The molecule has 2 saturated heterocycles. The average molecular weight is 1170 g/mol. The molecule has 4 heterocycles. The summed E-state index contributed by atoms with van der Waals surface area (Å²) < 4.78 is 92.2. The summed E-state index contributed by atoms with van der Waals surface area (Å²) in [6.07, 6.45) is 12.0. The van der Waals surface area contributed by atoms with Crippen molar-refractivity contribution in [2.75, 3.05) is 62.2 Å². The van der Waals surface area contributed by atoms with Gasteiger partial charge >= 0.3 is 18.3 Å². The fourth-order valence-corrected chi connectivity index (χ4v) is 12.6. The molecule has 2 aliphatic heterocycles. The zero-order valence-electron chi connectivity index (χ0n) is 46.8.